The number of phosphoric acid groups is 1. The normalized spacial score (nSPS) is 28.4. The molecule has 4 rings (SSSR count). The number of esters is 2. The third-order valence-electron chi connectivity index (χ3n) is 6.26. The lowest BCUT2D eigenvalue weighted by Gasteiger charge is -2.31. The van der Waals surface area contributed by atoms with E-state index in [-0.39, 0.29) is 0 Å². The molecule has 0 radical (unpaired) electrons. The van der Waals surface area contributed by atoms with E-state index in [1.54, 1.807) is 6.92 Å². The lowest BCUT2D eigenvalue weighted by Crippen LogP contribution is -2.45. The van der Waals surface area contributed by atoms with Crippen LogP contribution in [0.15, 0.2) is 21.9 Å². The maximum Gasteiger partial charge on any atom is 0.480 e. The van der Waals surface area contributed by atoms with Gasteiger partial charge >= 0.3 is 25.5 Å². The molecule has 2 aliphatic heterocycles. The van der Waals surface area contributed by atoms with Crippen LogP contribution in [0.3, 0.4) is 0 Å². The zero-order valence-electron chi connectivity index (χ0n) is 20.5. The molecule has 1 N–H and O–H groups in total. The van der Waals surface area contributed by atoms with Gasteiger partial charge in [-0.1, -0.05) is 0 Å². The van der Waals surface area contributed by atoms with Gasteiger partial charge in [0, 0.05) is 39.0 Å². The quantitative estimate of drug-likeness (QED) is 0.249. The summed E-state index contributed by atoms with van der Waals surface area (Å²) in [7, 11) is -4.43. The van der Waals surface area contributed by atoms with Gasteiger partial charge in [0.15, 0.2) is 12.0 Å². The van der Waals surface area contributed by atoms with Crippen molar-refractivity contribution in [1.29, 1.82) is 0 Å². The Hall–Kier alpha value is -2.39. The van der Waals surface area contributed by atoms with Gasteiger partial charge in [0.1, 0.15) is 17.8 Å². The van der Waals surface area contributed by atoms with E-state index in [0.717, 1.165) is 26.7 Å². The molecule has 16 heteroatoms. The fourth-order valence-corrected chi connectivity index (χ4v) is 5.59. The van der Waals surface area contributed by atoms with E-state index in [0.29, 0.717) is 12.8 Å². The SMILES string of the molecule is CC(=O)OCOP(=O)(OCOC(C)=O)OC[C@H]1O[C@@H](n2ccc(=O)[nH]c2=O)[C@]2(C)OC3(CCCC3)O[C@H]12. The van der Waals surface area contributed by atoms with E-state index in [4.69, 9.17) is 27.8 Å². The number of rotatable bonds is 10. The van der Waals surface area contributed by atoms with Crippen LogP contribution in [0.4, 0.5) is 0 Å². The number of hydrogen-bond donors (Lipinski definition) is 1. The fraction of sp³-hybridized carbons (Fsp3) is 0.714. The molecule has 1 aliphatic carbocycles. The summed E-state index contributed by atoms with van der Waals surface area (Å²) >= 11 is 0. The Kier molecular flexibility index (Phi) is 8.04. The fourth-order valence-electron chi connectivity index (χ4n) is 4.68. The van der Waals surface area contributed by atoms with Crippen molar-refractivity contribution in [2.45, 2.75) is 76.3 Å². The topological polar surface area (TPSA) is 180 Å². The van der Waals surface area contributed by atoms with Crippen LogP contribution in [0.1, 0.15) is 52.7 Å². The summed E-state index contributed by atoms with van der Waals surface area (Å²) in [5.74, 6) is -2.28. The number of fused-ring (bicyclic) bond motifs is 1. The Labute approximate surface area is 210 Å². The predicted molar refractivity (Wildman–Crippen MR) is 120 cm³/mol. The van der Waals surface area contributed by atoms with E-state index >= 15 is 0 Å². The highest BCUT2D eigenvalue weighted by atomic mass is 31.2. The van der Waals surface area contributed by atoms with Crippen molar-refractivity contribution >= 4 is 19.8 Å². The summed E-state index contributed by atoms with van der Waals surface area (Å²) in [4.78, 5) is 48.5. The monoisotopic (exact) mass is 548 g/mol. The smallest absolute Gasteiger partial charge is 0.438 e. The first-order valence-electron chi connectivity index (χ1n) is 11.6. The second-order valence-electron chi connectivity index (χ2n) is 9.00. The molecule has 1 aromatic rings. The number of ether oxygens (including phenoxy) is 5. The van der Waals surface area contributed by atoms with Crippen molar-refractivity contribution in [2.24, 2.45) is 0 Å². The van der Waals surface area contributed by atoms with Crippen LogP contribution in [-0.4, -0.2) is 65.3 Å². The maximum atomic E-state index is 13.1. The molecule has 1 saturated carbocycles. The van der Waals surface area contributed by atoms with Gasteiger partial charge in [0.25, 0.3) is 5.56 Å². The second kappa shape index (κ2) is 10.8. The lowest BCUT2D eigenvalue weighted by molar-refractivity contribution is -0.232. The number of H-pyrrole nitrogens is 1. The molecular weight excluding hydrogens is 519 g/mol. The van der Waals surface area contributed by atoms with Crippen LogP contribution in [0.5, 0.6) is 0 Å². The highest BCUT2D eigenvalue weighted by Gasteiger charge is 2.67. The Bertz CT molecular complexity index is 1150. The molecule has 15 nitrogen and oxygen atoms in total. The first-order valence-corrected chi connectivity index (χ1v) is 13.1. The number of hydrogen-bond acceptors (Lipinski definition) is 13. The second-order valence-corrected chi connectivity index (χ2v) is 10.7. The molecule has 4 atom stereocenters. The Morgan fingerprint density at radius 1 is 1.11 bits per heavy atom. The van der Waals surface area contributed by atoms with E-state index in [1.807, 2.05) is 0 Å². The van der Waals surface area contributed by atoms with Crippen molar-refractivity contribution in [3.8, 4) is 0 Å². The number of aromatic amines is 1. The molecule has 206 valence electrons. The summed E-state index contributed by atoms with van der Waals surface area (Å²) in [6.07, 6.45) is 1.59. The van der Waals surface area contributed by atoms with Gasteiger partial charge in [-0.15, -0.1) is 0 Å². The minimum Gasteiger partial charge on any atom is -0.438 e. The first-order chi connectivity index (χ1) is 17.5. The minimum absolute atomic E-state index is 0.425. The molecule has 0 amide bonds. The molecule has 37 heavy (non-hydrogen) atoms. The average molecular weight is 548 g/mol. The van der Waals surface area contributed by atoms with Gasteiger partial charge in [-0.05, 0) is 19.8 Å². The largest absolute Gasteiger partial charge is 0.480 e. The van der Waals surface area contributed by atoms with Crippen molar-refractivity contribution in [1.82, 2.24) is 9.55 Å². The maximum absolute atomic E-state index is 13.1. The summed E-state index contributed by atoms with van der Waals surface area (Å²) in [6.45, 7) is 2.04. The molecule has 0 bridgehead atoms. The Morgan fingerprint density at radius 2 is 1.73 bits per heavy atom. The third kappa shape index (κ3) is 6.03. The lowest BCUT2D eigenvalue weighted by atomic mass is 9.96. The minimum atomic E-state index is -4.43. The molecule has 0 unspecified atom stereocenters. The molecular formula is C21H29N2O13P. The number of carbonyl (C=O) groups excluding carboxylic acids is 2. The Morgan fingerprint density at radius 3 is 2.30 bits per heavy atom. The van der Waals surface area contributed by atoms with E-state index in [2.05, 4.69) is 14.5 Å². The van der Waals surface area contributed by atoms with Crippen LogP contribution in [-0.2, 0) is 51.4 Å². The molecule has 3 aliphatic rings. The van der Waals surface area contributed by atoms with Crippen LogP contribution >= 0.6 is 7.82 Å². The third-order valence-corrected chi connectivity index (χ3v) is 7.56. The first kappa shape index (κ1) is 27.6. The molecule has 2 saturated heterocycles. The van der Waals surface area contributed by atoms with Crippen molar-refractivity contribution in [3.63, 3.8) is 0 Å². The van der Waals surface area contributed by atoms with Crippen LogP contribution in [0, 0.1) is 0 Å². The Balaban J connectivity index is 1.55. The zero-order valence-corrected chi connectivity index (χ0v) is 21.4. The summed E-state index contributed by atoms with van der Waals surface area (Å²) in [6, 6.07) is 1.17. The molecule has 0 aromatic carbocycles. The van der Waals surface area contributed by atoms with Gasteiger partial charge in [-0.3, -0.25) is 28.5 Å². The van der Waals surface area contributed by atoms with Crippen molar-refractivity contribution in [3.05, 3.63) is 33.1 Å². The van der Waals surface area contributed by atoms with Crippen molar-refractivity contribution in [2.75, 3.05) is 20.2 Å². The summed E-state index contributed by atoms with van der Waals surface area (Å²) in [5, 5.41) is 0. The van der Waals surface area contributed by atoms with Gasteiger partial charge in [0.05, 0.1) is 6.61 Å². The molecule has 3 heterocycles. The standard InChI is InChI=1S/C21H29N2O13P/c1-13(24)29-11-32-37(28,33-12-30-14(2)25)31-10-15-17-20(3,36-21(35-17)7-4-5-8-21)18(34-15)23-9-6-16(26)22-19(23)27/h6,9,15,17-18H,4-5,7-8,10-12H2,1-3H3,(H,22,26,27)/t15-,17-,18-,20-/m1/s1. The van der Waals surface area contributed by atoms with E-state index < -0.39 is 81.0 Å². The molecule has 3 fully saturated rings. The number of carbonyl (C=O) groups is 2. The van der Waals surface area contributed by atoms with Crippen molar-refractivity contribution < 1.29 is 51.4 Å². The van der Waals surface area contributed by atoms with E-state index in [1.165, 1.54) is 16.8 Å². The molecule has 1 aromatic heterocycles. The van der Waals surface area contributed by atoms with Crippen LogP contribution in [0.25, 0.3) is 0 Å². The van der Waals surface area contributed by atoms with E-state index in [9.17, 15) is 23.7 Å². The van der Waals surface area contributed by atoms with Gasteiger partial charge < -0.3 is 23.7 Å². The predicted octanol–water partition coefficient (Wildman–Crippen LogP) is 1.08. The number of nitrogens with zero attached hydrogens (tertiary/aromatic N) is 1. The number of aromatic nitrogens is 2. The average Bonchev–Trinajstić information content (AvgIpc) is 3.45. The zero-order chi connectivity index (χ0) is 26.8. The van der Waals surface area contributed by atoms with Crippen LogP contribution in [0.2, 0.25) is 0 Å². The highest BCUT2D eigenvalue weighted by Crippen LogP contribution is 2.56. The summed E-state index contributed by atoms with van der Waals surface area (Å²) < 4.78 is 57.9. The highest BCUT2D eigenvalue weighted by molar-refractivity contribution is 7.48. The van der Waals surface area contributed by atoms with Crippen LogP contribution < -0.4 is 11.2 Å². The van der Waals surface area contributed by atoms with Gasteiger partial charge in [-0.2, -0.15) is 0 Å². The number of nitrogens with one attached hydrogen (secondary N) is 1. The van der Waals surface area contributed by atoms with Gasteiger partial charge in [-0.25, -0.2) is 18.4 Å². The number of phosphoric ester groups is 1. The molecule has 1 spiro atoms. The summed E-state index contributed by atoms with van der Waals surface area (Å²) in [5.41, 5.74) is -2.47. The van der Waals surface area contributed by atoms with Gasteiger partial charge in [0.2, 0.25) is 13.6 Å².